The van der Waals surface area contributed by atoms with Crippen LogP contribution in [0.5, 0.6) is 11.5 Å². The number of rotatable bonds is 14. The van der Waals surface area contributed by atoms with E-state index in [-0.39, 0.29) is 12.6 Å². The predicted octanol–water partition coefficient (Wildman–Crippen LogP) is 2.28. The van der Waals surface area contributed by atoms with Gasteiger partial charge in [-0.3, -0.25) is 4.68 Å². The molecule has 1 atom stereocenters. The van der Waals surface area contributed by atoms with Gasteiger partial charge in [-0.2, -0.15) is 5.10 Å². The van der Waals surface area contributed by atoms with Crippen molar-refractivity contribution in [1.29, 1.82) is 0 Å². The molecular formula is C22H29N3O6. The Balaban J connectivity index is 1.78. The fraction of sp³-hybridized carbons (Fsp3) is 0.409. The Hall–Kier alpha value is -3.33. The number of hydrogen-bond acceptors (Lipinski definition) is 7. The number of carbonyl (C=O) groups is 2. The van der Waals surface area contributed by atoms with E-state index in [0.717, 1.165) is 30.9 Å². The zero-order valence-corrected chi connectivity index (χ0v) is 17.8. The van der Waals surface area contributed by atoms with Crippen LogP contribution in [0.1, 0.15) is 20.3 Å². The molecule has 0 aliphatic rings. The zero-order chi connectivity index (χ0) is 22.5. The molecular weight excluding hydrogens is 402 g/mol. The molecule has 0 saturated heterocycles. The summed E-state index contributed by atoms with van der Waals surface area (Å²) in [7, 11) is 0. The van der Waals surface area contributed by atoms with Gasteiger partial charge in [0.25, 0.3) is 0 Å². The number of benzene rings is 1. The zero-order valence-electron chi connectivity index (χ0n) is 17.8. The van der Waals surface area contributed by atoms with Gasteiger partial charge < -0.3 is 24.6 Å². The number of carboxylic acid groups (broad SMARTS) is 1. The molecule has 1 heterocycles. The van der Waals surface area contributed by atoms with Crippen molar-refractivity contribution in [2.45, 2.75) is 39.0 Å². The maximum atomic E-state index is 11.8. The highest BCUT2D eigenvalue weighted by Crippen LogP contribution is 2.18. The molecule has 0 spiro atoms. The number of nitrogens with zero attached hydrogens (tertiary/aromatic N) is 2. The van der Waals surface area contributed by atoms with Crippen LogP contribution in [0, 0.1) is 0 Å². The molecule has 0 bridgehead atoms. The van der Waals surface area contributed by atoms with E-state index in [2.05, 4.69) is 10.4 Å². The Bertz CT molecular complexity index is 818. The lowest BCUT2D eigenvalue weighted by Gasteiger charge is -2.20. The number of carbonyl (C=O) groups excluding carboxylic acids is 1. The molecule has 0 saturated carbocycles. The fourth-order valence-electron chi connectivity index (χ4n) is 2.52. The van der Waals surface area contributed by atoms with Gasteiger partial charge in [-0.1, -0.05) is 13.8 Å². The van der Waals surface area contributed by atoms with Gasteiger partial charge in [0.1, 0.15) is 24.2 Å². The normalized spacial score (nSPS) is 12.1. The van der Waals surface area contributed by atoms with Crippen molar-refractivity contribution in [3.8, 4) is 11.5 Å². The first-order valence-corrected chi connectivity index (χ1v) is 10.1. The van der Waals surface area contributed by atoms with Crippen LogP contribution in [-0.2, 0) is 20.9 Å². The summed E-state index contributed by atoms with van der Waals surface area (Å²) in [4.78, 5) is 22.3. The van der Waals surface area contributed by atoms with E-state index in [4.69, 9.17) is 19.3 Å². The fourth-order valence-corrected chi connectivity index (χ4v) is 2.52. The summed E-state index contributed by atoms with van der Waals surface area (Å²) in [6.07, 6.45) is 5.54. The van der Waals surface area contributed by atoms with Gasteiger partial charge in [-0.15, -0.1) is 0 Å². The molecule has 9 nitrogen and oxygen atoms in total. The van der Waals surface area contributed by atoms with E-state index in [1.807, 2.05) is 42.9 Å². The van der Waals surface area contributed by atoms with Crippen LogP contribution < -0.4 is 14.8 Å². The Kier molecular flexibility index (Phi) is 10.1. The first kappa shape index (κ1) is 23.9. The molecule has 2 aromatic rings. The second-order valence-electron chi connectivity index (χ2n) is 7.05. The summed E-state index contributed by atoms with van der Waals surface area (Å²) in [6, 6.07) is 9.26. The van der Waals surface area contributed by atoms with Gasteiger partial charge in [0.15, 0.2) is 0 Å². The average molecular weight is 431 g/mol. The Morgan fingerprint density at radius 3 is 2.48 bits per heavy atom. The third-order valence-corrected chi connectivity index (χ3v) is 4.02. The van der Waals surface area contributed by atoms with Crippen LogP contribution >= 0.6 is 0 Å². The van der Waals surface area contributed by atoms with Crippen molar-refractivity contribution in [3.05, 3.63) is 54.9 Å². The topological polar surface area (TPSA) is 112 Å². The van der Waals surface area contributed by atoms with Gasteiger partial charge in [0.2, 0.25) is 0 Å². The van der Waals surface area contributed by atoms with E-state index >= 15 is 0 Å². The lowest BCUT2D eigenvalue weighted by Crippen LogP contribution is -2.38. The molecule has 0 radical (unpaired) electrons. The minimum Gasteiger partial charge on any atom is -0.494 e. The number of aliphatic carboxylic acids is 1. The summed E-state index contributed by atoms with van der Waals surface area (Å²) in [5.74, 6) is -0.610. The second-order valence-corrected chi connectivity index (χ2v) is 7.05. The number of aromatic nitrogens is 2. The molecule has 9 heteroatoms. The lowest BCUT2D eigenvalue weighted by molar-refractivity contribution is -0.144. The largest absolute Gasteiger partial charge is 0.494 e. The summed E-state index contributed by atoms with van der Waals surface area (Å²) in [6.45, 7) is 5.80. The Morgan fingerprint density at radius 1 is 1.16 bits per heavy atom. The smallest absolute Gasteiger partial charge is 0.331 e. The molecule has 168 valence electrons. The van der Waals surface area contributed by atoms with Crippen molar-refractivity contribution >= 4 is 11.9 Å². The summed E-state index contributed by atoms with van der Waals surface area (Å²) in [5.41, 5.74) is 0. The SMILES string of the molecule is CC(C)NCC(COc1ccc(OCCCn2cccn2)cc1)OC(=O)/C=C\C(=O)O. The molecule has 1 unspecified atom stereocenters. The van der Waals surface area contributed by atoms with Crippen molar-refractivity contribution in [2.75, 3.05) is 19.8 Å². The molecule has 0 amide bonds. The number of esters is 1. The first-order chi connectivity index (χ1) is 14.9. The number of nitrogens with one attached hydrogen (secondary N) is 1. The highest BCUT2D eigenvalue weighted by Gasteiger charge is 2.15. The van der Waals surface area contributed by atoms with Gasteiger partial charge >= 0.3 is 11.9 Å². The Labute approximate surface area is 181 Å². The molecule has 2 N–H and O–H groups in total. The highest BCUT2D eigenvalue weighted by molar-refractivity contribution is 5.90. The van der Waals surface area contributed by atoms with E-state index in [9.17, 15) is 9.59 Å². The van der Waals surface area contributed by atoms with E-state index in [0.29, 0.717) is 18.9 Å². The monoisotopic (exact) mass is 431 g/mol. The van der Waals surface area contributed by atoms with Gasteiger partial charge in [0.05, 0.1) is 6.61 Å². The third-order valence-electron chi connectivity index (χ3n) is 4.02. The molecule has 31 heavy (non-hydrogen) atoms. The quantitative estimate of drug-likeness (QED) is 0.266. The highest BCUT2D eigenvalue weighted by atomic mass is 16.6. The summed E-state index contributed by atoms with van der Waals surface area (Å²) in [5, 5.41) is 15.9. The maximum absolute atomic E-state index is 11.8. The van der Waals surface area contributed by atoms with Crippen LogP contribution in [-0.4, -0.2) is 58.7 Å². The standard InChI is InChI=1S/C22H29N3O6/c1-17(2)23-15-20(31-22(28)10-9-21(26)27)16-30-19-7-5-18(6-8-19)29-14-4-13-25-12-3-11-24-25/h3,5-12,17,20,23H,4,13-16H2,1-2H3,(H,26,27)/b10-9-. The average Bonchev–Trinajstić information content (AvgIpc) is 3.26. The third kappa shape index (κ3) is 10.3. The van der Waals surface area contributed by atoms with Crippen LogP contribution in [0.4, 0.5) is 0 Å². The van der Waals surface area contributed by atoms with E-state index < -0.39 is 18.0 Å². The summed E-state index contributed by atoms with van der Waals surface area (Å²) >= 11 is 0. The van der Waals surface area contributed by atoms with Crippen molar-refractivity contribution in [3.63, 3.8) is 0 Å². The number of aryl methyl sites for hydroxylation is 1. The predicted molar refractivity (Wildman–Crippen MR) is 114 cm³/mol. The number of hydrogen-bond donors (Lipinski definition) is 2. The van der Waals surface area contributed by atoms with Crippen LogP contribution in [0.25, 0.3) is 0 Å². The van der Waals surface area contributed by atoms with Gasteiger partial charge in [-0.25, -0.2) is 9.59 Å². The minimum atomic E-state index is -1.21. The van der Waals surface area contributed by atoms with Crippen LogP contribution in [0.3, 0.4) is 0 Å². The molecule has 1 aromatic carbocycles. The molecule has 0 aliphatic heterocycles. The van der Waals surface area contributed by atoms with Crippen LogP contribution in [0.2, 0.25) is 0 Å². The Morgan fingerprint density at radius 2 is 1.87 bits per heavy atom. The molecule has 2 rings (SSSR count). The first-order valence-electron chi connectivity index (χ1n) is 10.1. The van der Waals surface area contributed by atoms with Crippen molar-refractivity contribution in [1.82, 2.24) is 15.1 Å². The number of carboxylic acids is 1. The maximum Gasteiger partial charge on any atom is 0.331 e. The molecule has 0 aliphatic carbocycles. The summed E-state index contributed by atoms with van der Waals surface area (Å²) < 4.78 is 18.6. The van der Waals surface area contributed by atoms with Crippen molar-refractivity contribution in [2.24, 2.45) is 0 Å². The second kappa shape index (κ2) is 13.1. The molecule has 1 aromatic heterocycles. The molecule has 0 fully saturated rings. The minimum absolute atomic E-state index is 0.121. The van der Waals surface area contributed by atoms with Crippen molar-refractivity contribution < 1.29 is 28.9 Å². The number of ether oxygens (including phenoxy) is 3. The van der Waals surface area contributed by atoms with Gasteiger partial charge in [0, 0.05) is 50.1 Å². The van der Waals surface area contributed by atoms with E-state index in [1.165, 1.54) is 0 Å². The van der Waals surface area contributed by atoms with Gasteiger partial charge in [-0.05, 0) is 30.3 Å². The van der Waals surface area contributed by atoms with E-state index in [1.54, 1.807) is 18.3 Å². The lowest BCUT2D eigenvalue weighted by atomic mass is 10.3. The van der Waals surface area contributed by atoms with Crippen LogP contribution in [0.15, 0.2) is 54.9 Å².